The Morgan fingerprint density at radius 1 is 1.19 bits per heavy atom. The van der Waals surface area contributed by atoms with E-state index in [0.717, 1.165) is 22.8 Å². The lowest BCUT2D eigenvalue weighted by Gasteiger charge is -2.02. The van der Waals surface area contributed by atoms with Crippen LogP contribution in [-0.4, -0.2) is 20.3 Å². The smallest absolute Gasteiger partial charge is 0.243 e. The molecule has 0 spiro atoms. The van der Waals surface area contributed by atoms with Gasteiger partial charge in [0.25, 0.3) is 0 Å². The molecule has 2 aromatic rings. The van der Waals surface area contributed by atoms with Crippen LogP contribution in [0.2, 0.25) is 0 Å². The lowest BCUT2D eigenvalue weighted by Crippen LogP contribution is -2.07. The van der Waals surface area contributed by atoms with Crippen molar-refractivity contribution >= 4 is 5.95 Å². The van der Waals surface area contributed by atoms with Gasteiger partial charge in [0.05, 0.1) is 17.9 Å². The molecule has 0 aliphatic carbocycles. The van der Waals surface area contributed by atoms with Crippen molar-refractivity contribution in [1.82, 2.24) is 20.3 Å². The van der Waals surface area contributed by atoms with Crippen LogP contribution in [0.15, 0.2) is 10.6 Å². The molecule has 2 rings (SSSR count). The maximum atomic E-state index is 4.95. The average molecular weight is 219 g/mol. The van der Waals surface area contributed by atoms with Gasteiger partial charge in [0.15, 0.2) is 0 Å². The molecule has 0 unspecified atom stereocenters. The van der Waals surface area contributed by atoms with Gasteiger partial charge < -0.3 is 9.84 Å². The van der Waals surface area contributed by atoms with Gasteiger partial charge in [-0.05, 0) is 20.8 Å². The highest BCUT2D eigenvalue weighted by molar-refractivity contribution is 5.25. The molecule has 0 amide bonds. The number of rotatable bonds is 3. The van der Waals surface area contributed by atoms with Crippen LogP contribution in [0.25, 0.3) is 0 Å². The molecule has 84 valence electrons. The van der Waals surface area contributed by atoms with Crippen LogP contribution >= 0.6 is 0 Å². The zero-order valence-electron chi connectivity index (χ0n) is 9.48. The molecule has 0 aliphatic rings. The van der Waals surface area contributed by atoms with Crippen LogP contribution in [-0.2, 0) is 6.54 Å². The van der Waals surface area contributed by atoms with Gasteiger partial charge in [-0.1, -0.05) is 5.16 Å². The van der Waals surface area contributed by atoms with Gasteiger partial charge in [-0.25, -0.2) is 4.98 Å². The quantitative estimate of drug-likeness (QED) is 0.840. The molecular weight excluding hydrogens is 206 g/mol. The monoisotopic (exact) mass is 219 g/mol. The van der Waals surface area contributed by atoms with E-state index in [0.29, 0.717) is 12.5 Å². The molecule has 6 nitrogen and oxygen atoms in total. The molecule has 0 radical (unpaired) electrons. The molecular formula is C10H13N5O. The molecule has 2 heterocycles. The van der Waals surface area contributed by atoms with E-state index in [1.165, 1.54) is 0 Å². The molecule has 0 fully saturated rings. The number of nitrogens with zero attached hydrogens (tertiary/aromatic N) is 4. The molecule has 0 aromatic carbocycles. The van der Waals surface area contributed by atoms with E-state index in [4.69, 9.17) is 4.52 Å². The summed E-state index contributed by atoms with van der Waals surface area (Å²) >= 11 is 0. The van der Waals surface area contributed by atoms with Crippen molar-refractivity contribution in [2.45, 2.75) is 27.3 Å². The van der Waals surface area contributed by atoms with Crippen molar-refractivity contribution in [3.05, 3.63) is 28.9 Å². The number of hydrogen-bond donors (Lipinski definition) is 1. The van der Waals surface area contributed by atoms with E-state index >= 15 is 0 Å². The van der Waals surface area contributed by atoms with Crippen LogP contribution in [0.4, 0.5) is 5.95 Å². The SMILES string of the molecule is Cc1cc(CNc2nnc(C)c(C)n2)no1. The van der Waals surface area contributed by atoms with Gasteiger partial charge in [0.1, 0.15) is 11.5 Å². The average Bonchev–Trinajstić information content (AvgIpc) is 2.66. The lowest BCUT2D eigenvalue weighted by atomic mass is 10.4. The summed E-state index contributed by atoms with van der Waals surface area (Å²) in [5, 5.41) is 14.8. The third-order valence-electron chi connectivity index (χ3n) is 2.20. The third-order valence-corrected chi connectivity index (χ3v) is 2.20. The fourth-order valence-corrected chi connectivity index (χ4v) is 1.20. The number of aryl methyl sites for hydroxylation is 3. The van der Waals surface area contributed by atoms with Crippen LogP contribution in [0.5, 0.6) is 0 Å². The topological polar surface area (TPSA) is 76.7 Å². The molecule has 6 heteroatoms. The van der Waals surface area contributed by atoms with E-state index < -0.39 is 0 Å². The molecule has 0 saturated heterocycles. The zero-order chi connectivity index (χ0) is 11.5. The molecule has 0 saturated carbocycles. The van der Waals surface area contributed by atoms with Crippen molar-refractivity contribution in [1.29, 1.82) is 0 Å². The van der Waals surface area contributed by atoms with Gasteiger partial charge in [-0.3, -0.25) is 0 Å². The Morgan fingerprint density at radius 2 is 2.00 bits per heavy atom. The van der Waals surface area contributed by atoms with Crippen molar-refractivity contribution in [2.24, 2.45) is 0 Å². The maximum Gasteiger partial charge on any atom is 0.243 e. The Morgan fingerprint density at radius 3 is 2.62 bits per heavy atom. The van der Waals surface area contributed by atoms with E-state index in [1.54, 1.807) is 0 Å². The second-order valence-corrected chi connectivity index (χ2v) is 3.59. The normalized spacial score (nSPS) is 10.4. The van der Waals surface area contributed by atoms with Crippen molar-refractivity contribution in [2.75, 3.05) is 5.32 Å². The fraction of sp³-hybridized carbons (Fsp3) is 0.400. The number of anilines is 1. The summed E-state index contributed by atoms with van der Waals surface area (Å²) < 4.78 is 4.95. The summed E-state index contributed by atoms with van der Waals surface area (Å²) in [4.78, 5) is 4.25. The van der Waals surface area contributed by atoms with Crippen molar-refractivity contribution in [3.63, 3.8) is 0 Å². The van der Waals surface area contributed by atoms with Crippen LogP contribution in [0, 0.1) is 20.8 Å². The van der Waals surface area contributed by atoms with Gasteiger partial charge in [-0.2, -0.15) is 5.10 Å². The fourth-order valence-electron chi connectivity index (χ4n) is 1.20. The molecule has 16 heavy (non-hydrogen) atoms. The highest BCUT2D eigenvalue weighted by Crippen LogP contribution is 2.05. The summed E-state index contributed by atoms with van der Waals surface area (Å²) in [6, 6.07) is 1.86. The largest absolute Gasteiger partial charge is 0.361 e. The van der Waals surface area contributed by atoms with Crippen molar-refractivity contribution < 1.29 is 4.52 Å². The summed E-state index contributed by atoms with van der Waals surface area (Å²) in [5.41, 5.74) is 2.52. The first-order valence-electron chi connectivity index (χ1n) is 4.99. The second kappa shape index (κ2) is 4.26. The highest BCUT2D eigenvalue weighted by atomic mass is 16.5. The van der Waals surface area contributed by atoms with Crippen LogP contribution in [0.3, 0.4) is 0 Å². The second-order valence-electron chi connectivity index (χ2n) is 3.59. The zero-order valence-corrected chi connectivity index (χ0v) is 9.48. The molecule has 0 atom stereocenters. The Balaban J connectivity index is 2.02. The van der Waals surface area contributed by atoms with E-state index in [-0.39, 0.29) is 0 Å². The van der Waals surface area contributed by atoms with Crippen LogP contribution < -0.4 is 5.32 Å². The van der Waals surface area contributed by atoms with E-state index in [1.807, 2.05) is 26.8 Å². The Kier molecular flexibility index (Phi) is 2.80. The molecule has 1 N–H and O–H groups in total. The first kappa shape index (κ1) is 10.5. The first-order chi connectivity index (χ1) is 7.65. The number of hydrogen-bond acceptors (Lipinski definition) is 6. The van der Waals surface area contributed by atoms with Crippen LogP contribution in [0.1, 0.15) is 22.8 Å². The summed E-state index contributed by atoms with van der Waals surface area (Å²) in [5.74, 6) is 1.29. The lowest BCUT2D eigenvalue weighted by molar-refractivity contribution is 0.391. The van der Waals surface area contributed by atoms with Gasteiger partial charge in [0, 0.05) is 6.07 Å². The predicted octanol–water partition coefficient (Wildman–Crippen LogP) is 1.40. The summed E-state index contributed by atoms with van der Waals surface area (Å²) in [6.45, 7) is 6.15. The van der Waals surface area contributed by atoms with E-state index in [2.05, 4.69) is 25.7 Å². The van der Waals surface area contributed by atoms with Crippen molar-refractivity contribution in [3.8, 4) is 0 Å². The summed E-state index contributed by atoms with van der Waals surface area (Å²) in [6.07, 6.45) is 0. The Bertz CT molecular complexity index is 494. The minimum absolute atomic E-state index is 0.503. The minimum atomic E-state index is 0.503. The Labute approximate surface area is 93.1 Å². The van der Waals surface area contributed by atoms with E-state index in [9.17, 15) is 0 Å². The predicted molar refractivity (Wildman–Crippen MR) is 57.9 cm³/mol. The van der Waals surface area contributed by atoms with Gasteiger partial charge in [0.2, 0.25) is 5.95 Å². The molecule has 2 aromatic heterocycles. The Hall–Kier alpha value is -1.98. The number of nitrogens with one attached hydrogen (secondary N) is 1. The molecule has 0 bridgehead atoms. The number of aromatic nitrogens is 4. The highest BCUT2D eigenvalue weighted by Gasteiger charge is 2.03. The first-order valence-corrected chi connectivity index (χ1v) is 4.99. The van der Waals surface area contributed by atoms with Gasteiger partial charge in [-0.15, -0.1) is 5.10 Å². The third kappa shape index (κ3) is 2.33. The standard InChI is InChI=1S/C10H13N5O/c1-6-4-9(15-16-6)5-11-10-12-7(2)8(3)13-14-10/h4H,5H2,1-3H3,(H,11,12,14). The maximum absolute atomic E-state index is 4.95. The minimum Gasteiger partial charge on any atom is -0.361 e. The van der Waals surface area contributed by atoms with Gasteiger partial charge >= 0.3 is 0 Å². The molecule has 0 aliphatic heterocycles. The summed E-state index contributed by atoms with van der Waals surface area (Å²) in [7, 11) is 0.